The van der Waals surface area contributed by atoms with Crippen LogP contribution in [-0.4, -0.2) is 22.6 Å². The number of nitrogens with one attached hydrogen (secondary N) is 1. The van der Waals surface area contributed by atoms with Gasteiger partial charge in [0.2, 0.25) is 0 Å². The Balaban J connectivity index is 2.03. The minimum Gasteiger partial charge on any atom is -0.317 e. The highest BCUT2D eigenvalue weighted by atomic mass is 79.9. The first-order valence-corrected chi connectivity index (χ1v) is 7.96. The third-order valence-corrected chi connectivity index (χ3v) is 5.38. The van der Waals surface area contributed by atoms with Crippen LogP contribution in [0.5, 0.6) is 0 Å². The molecule has 0 amide bonds. The standard InChI is InChI=1S/C15H17BrClN3/c1-15(4-6-18-7-5-15)14-9-19-10-20(14)11-2-3-12(16)13(17)8-11/h2-3,8-10,18H,4-7H2,1H3. The fourth-order valence-corrected chi connectivity index (χ4v) is 3.24. The Kier molecular flexibility index (Phi) is 3.89. The predicted octanol–water partition coefficient (Wildman–Crippen LogP) is 3.93. The highest BCUT2D eigenvalue weighted by Crippen LogP contribution is 2.34. The Bertz CT molecular complexity index is 617. The molecule has 1 aromatic carbocycles. The fraction of sp³-hybridized carbons (Fsp3) is 0.400. The van der Waals surface area contributed by atoms with Gasteiger partial charge >= 0.3 is 0 Å². The van der Waals surface area contributed by atoms with Crippen LogP contribution in [0.25, 0.3) is 5.69 Å². The Morgan fingerprint density at radius 1 is 1.35 bits per heavy atom. The molecule has 0 bridgehead atoms. The number of imidazole rings is 1. The van der Waals surface area contributed by atoms with Gasteiger partial charge in [-0.3, -0.25) is 0 Å². The van der Waals surface area contributed by atoms with Crippen LogP contribution in [0.4, 0.5) is 0 Å². The molecule has 1 aliphatic rings. The summed E-state index contributed by atoms with van der Waals surface area (Å²) in [6.45, 7) is 4.44. The maximum atomic E-state index is 6.21. The van der Waals surface area contributed by atoms with Crippen molar-refractivity contribution in [3.63, 3.8) is 0 Å². The van der Waals surface area contributed by atoms with Gasteiger partial charge in [-0.15, -0.1) is 0 Å². The minimum atomic E-state index is 0.168. The zero-order chi connectivity index (χ0) is 14.2. The minimum absolute atomic E-state index is 0.168. The molecule has 2 heterocycles. The largest absolute Gasteiger partial charge is 0.317 e. The molecule has 1 fully saturated rings. The number of hydrogen-bond acceptors (Lipinski definition) is 2. The summed E-state index contributed by atoms with van der Waals surface area (Å²) >= 11 is 9.65. The molecule has 5 heteroatoms. The topological polar surface area (TPSA) is 29.9 Å². The average Bonchev–Trinajstić information content (AvgIpc) is 2.93. The lowest BCUT2D eigenvalue weighted by Gasteiger charge is -2.34. The lowest BCUT2D eigenvalue weighted by atomic mass is 9.78. The van der Waals surface area contributed by atoms with Gasteiger partial charge in [-0.2, -0.15) is 0 Å². The second-order valence-corrected chi connectivity index (χ2v) is 6.82. The molecule has 1 saturated heterocycles. The highest BCUT2D eigenvalue weighted by molar-refractivity contribution is 9.10. The summed E-state index contributed by atoms with van der Waals surface area (Å²) < 4.78 is 3.07. The molecular weight excluding hydrogens is 338 g/mol. The van der Waals surface area contributed by atoms with Crippen LogP contribution in [0.1, 0.15) is 25.5 Å². The Hall–Kier alpha value is -0.840. The molecule has 3 rings (SSSR count). The molecule has 20 heavy (non-hydrogen) atoms. The van der Waals surface area contributed by atoms with E-state index in [1.165, 1.54) is 5.69 Å². The van der Waals surface area contributed by atoms with Gasteiger partial charge in [-0.1, -0.05) is 18.5 Å². The number of halogens is 2. The van der Waals surface area contributed by atoms with E-state index in [1.54, 1.807) is 0 Å². The summed E-state index contributed by atoms with van der Waals surface area (Å²) in [5.74, 6) is 0. The molecule has 2 aromatic rings. The molecular formula is C15H17BrClN3. The zero-order valence-corrected chi connectivity index (χ0v) is 13.7. The molecule has 0 saturated carbocycles. The van der Waals surface area contributed by atoms with Crippen LogP contribution in [0, 0.1) is 0 Å². The van der Waals surface area contributed by atoms with Gasteiger partial charge in [0.15, 0.2) is 0 Å². The molecule has 0 unspecified atom stereocenters. The normalized spacial score (nSPS) is 18.1. The summed E-state index contributed by atoms with van der Waals surface area (Å²) in [6.07, 6.45) is 6.12. The molecule has 0 radical (unpaired) electrons. The van der Waals surface area contributed by atoms with E-state index >= 15 is 0 Å². The van der Waals surface area contributed by atoms with Crippen LogP contribution in [0.3, 0.4) is 0 Å². The molecule has 0 aliphatic carbocycles. The van der Waals surface area contributed by atoms with E-state index in [2.05, 4.69) is 43.8 Å². The van der Waals surface area contributed by atoms with Crippen LogP contribution in [0.2, 0.25) is 5.02 Å². The number of rotatable bonds is 2. The van der Waals surface area contributed by atoms with Crippen molar-refractivity contribution in [1.29, 1.82) is 0 Å². The predicted molar refractivity (Wildman–Crippen MR) is 85.7 cm³/mol. The molecule has 0 atom stereocenters. The monoisotopic (exact) mass is 353 g/mol. The smallest absolute Gasteiger partial charge is 0.0994 e. The maximum Gasteiger partial charge on any atom is 0.0994 e. The number of benzene rings is 1. The quantitative estimate of drug-likeness (QED) is 0.885. The van der Waals surface area contributed by atoms with E-state index in [4.69, 9.17) is 11.6 Å². The van der Waals surface area contributed by atoms with Crippen molar-refractivity contribution in [3.05, 3.63) is 45.9 Å². The van der Waals surface area contributed by atoms with Gasteiger partial charge in [0.25, 0.3) is 0 Å². The first-order chi connectivity index (χ1) is 9.60. The summed E-state index contributed by atoms with van der Waals surface area (Å²) in [4.78, 5) is 4.36. The van der Waals surface area contributed by atoms with Crippen molar-refractivity contribution in [3.8, 4) is 5.69 Å². The SMILES string of the molecule is CC1(c2cncn2-c2ccc(Br)c(Cl)c2)CCNCC1. The van der Waals surface area contributed by atoms with E-state index in [0.717, 1.165) is 41.1 Å². The first kappa shape index (κ1) is 14.1. The summed E-state index contributed by atoms with van der Waals surface area (Å²) in [5, 5.41) is 4.14. The van der Waals surface area contributed by atoms with Gasteiger partial charge < -0.3 is 9.88 Å². The molecule has 3 nitrogen and oxygen atoms in total. The maximum absolute atomic E-state index is 6.21. The summed E-state index contributed by atoms with van der Waals surface area (Å²) in [5.41, 5.74) is 2.49. The van der Waals surface area contributed by atoms with Crippen molar-refractivity contribution in [2.45, 2.75) is 25.2 Å². The third-order valence-electron chi connectivity index (χ3n) is 4.15. The number of hydrogen-bond donors (Lipinski definition) is 1. The van der Waals surface area contributed by atoms with Crippen LogP contribution < -0.4 is 5.32 Å². The fourth-order valence-electron chi connectivity index (χ4n) is 2.82. The second kappa shape index (κ2) is 5.51. The number of nitrogens with zero attached hydrogens (tertiary/aromatic N) is 2. The first-order valence-electron chi connectivity index (χ1n) is 6.79. The van der Waals surface area contributed by atoms with Crippen molar-refractivity contribution in [2.24, 2.45) is 0 Å². The highest BCUT2D eigenvalue weighted by Gasteiger charge is 2.32. The van der Waals surface area contributed by atoms with E-state index in [-0.39, 0.29) is 5.41 Å². The van der Waals surface area contributed by atoms with E-state index in [9.17, 15) is 0 Å². The molecule has 1 aliphatic heterocycles. The van der Waals surface area contributed by atoms with Crippen LogP contribution in [0.15, 0.2) is 35.2 Å². The molecule has 0 spiro atoms. The van der Waals surface area contributed by atoms with E-state index in [1.807, 2.05) is 24.7 Å². The van der Waals surface area contributed by atoms with Gasteiger partial charge in [0.1, 0.15) is 0 Å². The Labute approximate surface area is 132 Å². The van der Waals surface area contributed by atoms with Gasteiger partial charge in [0, 0.05) is 27.5 Å². The third kappa shape index (κ3) is 2.52. The Morgan fingerprint density at radius 2 is 2.10 bits per heavy atom. The Morgan fingerprint density at radius 3 is 2.80 bits per heavy atom. The molecule has 106 valence electrons. The van der Waals surface area contributed by atoms with Crippen molar-refractivity contribution in [2.75, 3.05) is 13.1 Å². The lowest BCUT2D eigenvalue weighted by Crippen LogP contribution is -2.38. The number of piperidine rings is 1. The van der Waals surface area contributed by atoms with Crippen molar-refractivity contribution >= 4 is 27.5 Å². The summed E-state index contributed by atoms with van der Waals surface area (Å²) in [7, 11) is 0. The zero-order valence-electron chi connectivity index (χ0n) is 11.4. The van der Waals surface area contributed by atoms with Crippen LogP contribution >= 0.6 is 27.5 Å². The van der Waals surface area contributed by atoms with Gasteiger partial charge in [-0.05, 0) is 60.1 Å². The van der Waals surface area contributed by atoms with Gasteiger partial charge in [0.05, 0.1) is 11.3 Å². The van der Waals surface area contributed by atoms with Gasteiger partial charge in [-0.25, -0.2) is 4.98 Å². The number of aromatic nitrogens is 2. The second-order valence-electron chi connectivity index (χ2n) is 5.56. The van der Waals surface area contributed by atoms with Crippen LogP contribution in [-0.2, 0) is 5.41 Å². The van der Waals surface area contributed by atoms with Crippen molar-refractivity contribution < 1.29 is 0 Å². The summed E-state index contributed by atoms with van der Waals surface area (Å²) in [6, 6.07) is 6.01. The van der Waals surface area contributed by atoms with E-state index < -0.39 is 0 Å². The lowest BCUT2D eigenvalue weighted by molar-refractivity contribution is 0.324. The van der Waals surface area contributed by atoms with E-state index in [0.29, 0.717) is 0 Å². The molecule has 1 N–H and O–H groups in total. The van der Waals surface area contributed by atoms with Crippen molar-refractivity contribution in [1.82, 2.24) is 14.9 Å². The molecule has 1 aromatic heterocycles. The average molecular weight is 355 g/mol.